The van der Waals surface area contributed by atoms with E-state index in [4.69, 9.17) is 31.6 Å². The zero-order chi connectivity index (χ0) is 25.6. The average molecular weight is 580 g/mol. The fourth-order valence-electron chi connectivity index (χ4n) is 2.90. The van der Waals surface area contributed by atoms with Crippen LogP contribution in [0, 0.1) is 21.1 Å². The van der Waals surface area contributed by atoms with Crippen LogP contribution in [-0.2, 0) is 31.6 Å². The first kappa shape index (κ1) is 28.9. The number of phosphoric acid groups is 3. The van der Waals surface area contributed by atoms with E-state index in [0.29, 0.717) is 6.20 Å². The zero-order valence-corrected chi connectivity index (χ0v) is 20.4. The van der Waals surface area contributed by atoms with Crippen molar-refractivity contribution < 1.29 is 70.1 Å². The number of nitrogens with zero attached hydrogens (tertiary/aromatic N) is 1. The SMILES string of the molecule is CC1(O)C(CO)[C@@](F)(COP(=O)(O)OP(=O)(O)OP(=O)(O)O)O[C@H]1n1cc(F)c(=S)[nH]c1=S. The summed E-state index contributed by atoms with van der Waals surface area (Å²) >= 11 is 9.60. The van der Waals surface area contributed by atoms with Gasteiger partial charge in [-0.05, 0) is 19.1 Å². The van der Waals surface area contributed by atoms with Crippen LogP contribution in [0.25, 0.3) is 0 Å². The summed E-state index contributed by atoms with van der Waals surface area (Å²) in [6.07, 6.45) is -1.18. The highest BCUT2D eigenvalue weighted by atomic mass is 32.1. The Balaban J connectivity index is 2.31. The lowest BCUT2D eigenvalue weighted by Crippen LogP contribution is -2.46. The predicted molar refractivity (Wildman–Crippen MR) is 105 cm³/mol. The van der Waals surface area contributed by atoms with Crippen LogP contribution in [0.4, 0.5) is 8.78 Å². The first-order valence-corrected chi connectivity index (χ1v) is 13.6. The summed E-state index contributed by atoms with van der Waals surface area (Å²) in [6.45, 7) is -1.84. The predicted octanol–water partition coefficient (Wildman–Crippen LogP) is 1.31. The molecule has 0 saturated carbocycles. The molecule has 7 N–H and O–H groups in total. The van der Waals surface area contributed by atoms with Gasteiger partial charge in [-0.15, -0.1) is 0 Å². The van der Waals surface area contributed by atoms with Crippen LogP contribution in [-0.4, -0.2) is 64.0 Å². The number of aromatic nitrogens is 2. The third-order valence-electron chi connectivity index (χ3n) is 4.23. The molecule has 6 atom stereocenters. The number of rotatable bonds is 9. The maximum absolute atomic E-state index is 15.5. The molecule has 1 saturated heterocycles. The second kappa shape index (κ2) is 9.61. The number of hydrogen-bond acceptors (Lipinski definition) is 11. The van der Waals surface area contributed by atoms with E-state index in [1.54, 1.807) is 0 Å². The van der Waals surface area contributed by atoms with E-state index in [-0.39, 0.29) is 4.77 Å². The summed E-state index contributed by atoms with van der Waals surface area (Å²) in [4.78, 5) is 37.9. The standard InChI is InChI=1S/C11H17F2N2O13P3S2/c1-10(17)6(3-16)11(13,26-8(10)15-2-5(12)7(32)14-9(15)33)4-25-30(21,22)28-31(23,24)27-29(18,19)20/h2,6,8,16-17H,3-4H2,1H3,(H,21,22)(H,23,24)(H,14,32,33)(H2,18,19,20)/t6?,8-,10?,11-/m1/s1. The number of phosphoric ester groups is 1. The number of halogens is 2. The van der Waals surface area contributed by atoms with Gasteiger partial charge in [-0.25, -0.2) is 22.5 Å². The van der Waals surface area contributed by atoms with Gasteiger partial charge in [-0.1, -0.05) is 12.2 Å². The molecule has 0 radical (unpaired) electrons. The van der Waals surface area contributed by atoms with Crippen LogP contribution < -0.4 is 0 Å². The smallest absolute Gasteiger partial charge is 0.396 e. The van der Waals surface area contributed by atoms with E-state index in [2.05, 4.69) is 30.3 Å². The zero-order valence-electron chi connectivity index (χ0n) is 16.0. The first-order chi connectivity index (χ1) is 14.7. The normalized spacial score (nSPS) is 31.8. The van der Waals surface area contributed by atoms with E-state index in [9.17, 15) is 33.2 Å². The highest BCUT2D eigenvalue weighted by Crippen LogP contribution is 2.66. The lowest BCUT2D eigenvalue weighted by Gasteiger charge is -2.30. The number of nitrogens with one attached hydrogen (secondary N) is 1. The number of alkyl halides is 1. The molecule has 2 heterocycles. The molecular formula is C11H17F2N2O13P3S2. The quantitative estimate of drug-likeness (QED) is 0.161. The van der Waals surface area contributed by atoms with Gasteiger partial charge in [0, 0.05) is 6.20 Å². The van der Waals surface area contributed by atoms with Gasteiger partial charge in [0.05, 0.1) is 12.5 Å². The van der Waals surface area contributed by atoms with Crippen molar-refractivity contribution in [2.24, 2.45) is 5.92 Å². The van der Waals surface area contributed by atoms with Crippen LogP contribution in [0.1, 0.15) is 13.2 Å². The van der Waals surface area contributed by atoms with Gasteiger partial charge >= 0.3 is 23.5 Å². The highest BCUT2D eigenvalue weighted by Gasteiger charge is 2.63. The van der Waals surface area contributed by atoms with Crippen molar-refractivity contribution in [3.63, 3.8) is 0 Å². The van der Waals surface area contributed by atoms with E-state index in [1.165, 1.54) is 0 Å². The Bertz CT molecular complexity index is 1170. The molecule has 22 heteroatoms. The number of aliphatic hydroxyl groups is 2. The maximum Gasteiger partial charge on any atom is 0.490 e. The van der Waals surface area contributed by atoms with Gasteiger partial charge < -0.3 is 39.5 Å². The summed E-state index contributed by atoms with van der Waals surface area (Å²) in [5.74, 6) is -6.29. The van der Waals surface area contributed by atoms with Crippen molar-refractivity contribution in [3.8, 4) is 0 Å². The Hall–Kier alpha value is -0.330. The summed E-state index contributed by atoms with van der Waals surface area (Å²) in [7, 11) is -17.3. The summed E-state index contributed by atoms with van der Waals surface area (Å²) < 4.78 is 79.5. The summed E-state index contributed by atoms with van der Waals surface area (Å²) in [6, 6.07) is 0. The van der Waals surface area contributed by atoms with E-state index in [1.807, 2.05) is 0 Å². The second-order valence-electron chi connectivity index (χ2n) is 6.73. The number of H-pyrrole nitrogens is 1. The number of hydrogen-bond donors (Lipinski definition) is 7. The van der Waals surface area contributed by atoms with E-state index in [0.717, 1.165) is 11.5 Å². The maximum atomic E-state index is 15.5. The summed E-state index contributed by atoms with van der Waals surface area (Å²) in [5.41, 5.74) is -2.36. The Morgan fingerprint density at radius 1 is 1.21 bits per heavy atom. The van der Waals surface area contributed by atoms with Crippen LogP contribution in [0.2, 0.25) is 0 Å². The van der Waals surface area contributed by atoms with Crippen LogP contribution in [0.15, 0.2) is 6.20 Å². The fraction of sp³-hybridized carbons (Fsp3) is 0.636. The molecule has 1 fully saturated rings. The number of aliphatic hydroxyl groups excluding tert-OH is 1. The number of aromatic amines is 1. The molecule has 15 nitrogen and oxygen atoms in total. The van der Waals surface area contributed by atoms with Gasteiger partial charge in [0.25, 0.3) is 0 Å². The van der Waals surface area contributed by atoms with Crippen molar-refractivity contribution in [2.75, 3.05) is 13.2 Å². The van der Waals surface area contributed by atoms with Crippen LogP contribution >= 0.6 is 47.9 Å². The molecule has 0 spiro atoms. The third kappa shape index (κ3) is 6.88. The summed E-state index contributed by atoms with van der Waals surface area (Å²) in [5, 5.41) is 20.4. The minimum atomic E-state index is -5.88. The minimum Gasteiger partial charge on any atom is -0.396 e. The monoisotopic (exact) mass is 580 g/mol. The molecular weight excluding hydrogens is 563 g/mol. The lowest BCUT2D eigenvalue weighted by atomic mass is 9.86. The van der Waals surface area contributed by atoms with Crippen molar-refractivity contribution >= 4 is 47.9 Å². The molecule has 1 aliphatic rings. The second-order valence-corrected chi connectivity index (χ2v) is 11.9. The van der Waals surface area contributed by atoms with Crippen LogP contribution in [0.3, 0.4) is 0 Å². The molecule has 1 aromatic rings. The van der Waals surface area contributed by atoms with Gasteiger partial charge in [0.2, 0.25) is 5.85 Å². The Morgan fingerprint density at radius 2 is 1.79 bits per heavy atom. The molecule has 1 aliphatic heterocycles. The Kier molecular flexibility index (Phi) is 8.42. The van der Waals surface area contributed by atoms with Gasteiger partial charge in [0.1, 0.15) is 16.8 Å². The van der Waals surface area contributed by atoms with Crippen molar-refractivity contribution in [1.29, 1.82) is 0 Å². The lowest BCUT2D eigenvalue weighted by molar-refractivity contribution is -0.196. The first-order valence-electron chi connectivity index (χ1n) is 8.22. The fourth-order valence-corrected chi connectivity index (χ4v) is 6.40. The molecule has 0 aliphatic carbocycles. The highest BCUT2D eigenvalue weighted by molar-refractivity contribution is 7.72. The average Bonchev–Trinajstić information content (AvgIpc) is 2.79. The van der Waals surface area contributed by atoms with Gasteiger partial charge in [-0.2, -0.15) is 8.62 Å². The molecule has 0 bridgehead atoms. The van der Waals surface area contributed by atoms with Crippen molar-refractivity contribution in [3.05, 3.63) is 21.4 Å². The molecule has 1 aromatic heterocycles. The largest absolute Gasteiger partial charge is 0.490 e. The Labute approximate surface area is 193 Å². The number of ether oxygens (including phenoxy) is 1. The molecule has 0 amide bonds. The van der Waals surface area contributed by atoms with Crippen molar-refractivity contribution in [2.45, 2.75) is 24.6 Å². The molecule has 33 heavy (non-hydrogen) atoms. The topological polar surface area (TPSA) is 230 Å². The Morgan fingerprint density at radius 3 is 2.30 bits per heavy atom. The molecule has 2 rings (SSSR count). The van der Waals surface area contributed by atoms with Gasteiger partial charge in [0.15, 0.2) is 16.8 Å². The molecule has 0 aromatic carbocycles. The van der Waals surface area contributed by atoms with Crippen LogP contribution in [0.5, 0.6) is 0 Å². The minimum absolute atomic E-state index is 0.333. The van der Waals surface area contributed by atoms with Crippen molar-refractivity contribution in [1.82, 2.24) is 9.55 Å². The molecule has 4 unspecified atom stereocenters. The van der Waals surface area contributed by atoms with E-state index < -0.39 is 70.7 Å². The molecule has 190 valence electrons. The van der Waals surface area contributed by atoms with Gasteiger partial charge in [-0.3, -0.25) is 9.09 Å². The van der Waals surface area contributed by atoms with E-state index >= 15 is 4.39 Å². The third-order valence-corrected chi connectivity index (χ3v) is 8.63.